The van der Waals surface area contributed by atoms with E-state index in [0.29, 0.717) is 6.04 Å². The van der Waals surface area contributed by atoms with E-state index in [-0.39, 0.29) is 0 Å². The van der Waals surface area contributed by atoms with Gasteiger partial charge in [-0.1, -0.05) is 30.3 Å². The van der Waals surface area contributed by atoms with Gasteiger partial charge in [0.05, 0.1) is 0 Å². The summed E-state index contributed by atoms with van der Waals surface area (Å²) < 4.78 is 2.31. The molecule has 1 saturated heterocycles. The van der Waals surface area contributed by atoms with E-state index in [2.05, 4.69) is 63.1 Å². The van der Waals surface area contributed by atoms with Crippen LogP contribution in [-0.2, 0) is 13.1 Å². The third-order valence-corrected chi connectivity index (χ3v) is 4.66. The molecular weight excluding hydrogens is 270 g/mol. The summed E-state index contributed by atoms with van der Waals surface area (Å²) in [7, 11) is 0. The lowest BCUT2D eigenvalue weighted by Crippen LogP contribution is -2.32. The SMILES string of the molecule is c1ccc(CN2CCCC2Cn2ccc3cccnc32)cc1. The molecule has 1 fully saturated rings. The Bertz CT molecular complexity index is 747. The van der Waals surface area contributed by atoms with E-state index in [0.717, 1.165) is 18.7 Å². The van der Waals surface area contributed by atoms with Gasteiger partial charge in [0.25, 0.3) is 0 Å². The van der Waals surface area contributed by atoms with Crippen molar-refractivity contribution in [3.8, 4) is 0 Å². The second-order valence-electron chi connectivity index (χ2n) is 6.14. The number of rotatable bonds is 4. The molecule has 3 nitrogen and oxygen atoms in total. The first-order chi connectivity index (χ1) is 10.9. The van der Waals surface area contributed by atoms with Crippen molar-refractivity contribution in [2.45, 2.75) is 32.0 Å². The second-order valence-corrected chi connectivity index (χ2v) is 6.14. The lowest BCUT2D eigenvalue weighted by Gasteiger charge is -2.25. The highest BCUT2D eigenvalue weighted by Gasteiger charge is 2.25. The van der Waals surface area contributed by atoms with Crippen molar-refractivity contribution in [2.75, 3.05) is 6.54 Å². The molecule has 3 aromatic rings. The number of nitrogens with zero attached hydrogens (tertiary/aromatic N) is 3. The van der Waals surface area contributed by atoms with Crippen LogP contribution in [0.25, 0.3) is 11.0 Å². The van der Waals surface area contributed by atoms with Crippen LogP contribution in [0.5, 0.6) is 0 Å². The molecule has 1 unspecified atom stereocenters. The summed E-state index contributed by atoms with van der Waals surface area (Å²) in [5.41, 5.74) is 2.51. The fourth-order valence-corrected chi connectivity index (χ4v) is 3.52. The number of pyridine rings is 1. The molecule has 0 spiro atoms. The molecular formula is C19H21N3. The minimum absolute atomic E-state index is 0.609. The molecule has 112 valence electrons. The first kappa shape index (κ1) is 13.5. The van der Waals surface area contributed by atoms with Crippen LogP contribution in [0.3, 0.4) is 0 Å². The van der Waals surface area contributed by atoms with E-state index in [1.165, 1.54) is 30.3 Å². The average molecular weight is 291 g/mol. The largest absolute Gasteiger partial charge is 0.331 e. The van der Waals surface area contributed by atoms with Crippen LogP contribution in [0.4, 0.5) is 0 Å². The number of hydrogen-bond donors (Lipinski definition) is 0. The predicted molar refractivity (Wildman–Crippen MR) is 89.6 cm³/mol. The summed E-state index contributed by atoms with van der Waals surface area (Å²) in [5, 5.41) is 1.23. The van der Waals surface area contributed by atoms with Crippen molar-refractivity contribution < 1.29 is 0 Å². The number of likely N-dealkylation sites (tertiary alicyclic amines) is 1. The van der Waals surface area contributed by atoms with Gasteiger partial charge in [-0.3, -0.25) is 4.90 Å². The Hall–Kier alpha value is -2.13. The fraction of sp³-hybridized carbons (Fsp3) is 0.316. The number of aromatic nitrogens is 2. The summed E-state index contributed by atoms with van der Waals surface area (Å²) in [6.45, 7) is 3.29. The van der Waals surface area contributed by atoms with Crippen LogP contribution in [0.15, 0.2) is 60.9 Å². The molecule has 2 aromatic heterocycles. The zero-order valence-corrected chi connectivity index (χ0v) is 12.7. The standard InChI is InChI=1S/C19H21N3/c1-2-6-16(7-3-1)14-21-12-5-9-18(21)15-22-13-10-17-8-4-11-20-19(17)22/h1-4,6-8,10-11,13,18H,5,9,12,14-15H2. The summed E-state index contributed by atoms with van der Waals surface area (Å²) in [4.78, 5) is 7.15. The Morgan fingerprint density at radius 2 is 1.95 bits per heavy atom. The Morgan fingerprint density at radius 3 is 2.86 bits per heavy atom. The minimum atomic E-state index is 0.609. The Balaban J connectivity index is 1.52. The smallest absolute Gasteiger partial charge is 0.139 e. The first-order valence-corrected chi connectivity index (χ1v) is 8.08. The summed E-state index contributed by atoms with van der Waals surface area (Å²) in [5.74, 6) is 0. The van der Waals surface area contributed by atoms with Crippen LogP contribution < -0.4 is 0 Å². The summed E-state index contributed by atoms with van der Waals surface area (Å²) in [6.07, 6.45) is 6.63. The maximum atomic E-state index is 4.54. The van der Waals surface area contributed by atoms with Gasteiger partial charge in [0.1, 0.15) is 5.65 Å². The quantitative estimate of drug-likeness (QED) is 0.731. The van der Waals surface area contributed by atoms with Crippen molar-refractivity contribution in [1.82, 2.24) is 14.5 Å². The fourth-order valence-electron chi connectivity index (χ4n) is 3.52. The lowest BCUT2D eigenvalue weighted by atomic mass is 10.2. The molecule has 3 heteroatoms. The third-order valence-electron chi connectivity index (χ3n) is 4.66. The van der Waals surface area contributed by atoms with E-state index in [9.17, 15) is 0 Å². The van der Waals surface area contributed by atoms with Gasteiger partial charge in [0.15, 0.2) is 0 Å². The molecule has 1 atom stereocenters. The van der Waals surface area contributed by atoms with Crippen molar-refractivity contribution >= 4 is 11.0 Å². The zero-order valence-electron chi connectivity index (χ0n) is 12.7. The number of benzene rings is 1. The number of fused-ring (bicyclic) bond motifs is 1. The monoisotopic (exact) mass is 291 g/mol. The highest BCUT2D eigenvalue weighted by atomic mass is 15.2. The van der Waals surface area contributed by atoms with Crippen molar-refractivity contribution in [3.05, 3.63) is 66.5 Å². The lowest BCUT2D eigenvalue weighted by molar-refractivity contribution is 0.226. The molecule has 0 bridgehead atoms. The molecule has 0 saturated carbocycles. The molecule has 0 radical (unpaired) electrons. The van der Waals surface area contributed by atoms with Gasteiger partial charge in [0, 0.05) is 36.9 Å². The highest BCUT2D eigenvalue weighted by Crippen LogP contribution is 2.23. The minimum Gasteiger partial charge on any atom is -0.331 e. The molecule has 1 aliphatic heterocycles. The topological polar surface area (TPSA) is 21.1 Å². The van der Waals surface area contributed by atoms with E-state index >= 15 is 0 Å². The van der Waals surface area contributed by atoms with Crippen molar-refractivity contribution in [2.24, 2.45) is 0 Å². The van der Waals surface area contributed by atoms with Crippen LogP contribution in [0.2, 0.25) is 0 Å². The van der Waals surface area contributed by atoms with Gasteiger partial charge in [-0.2, -0.15) is 0 Å². The van der Waals surface area contributed by atoms with Gasteiger partial charge in [-0.15, -0.1) is 0 Å². The maximum absolute atomic E-state index is 4.54. The van der Waals surface area contributed by atoms with Crippen LogP contribution in [-0.4, -0.2) is 27.0 Å². The van der Waals surface area contributed by atoms with Crippen LogP contribution in [0, 0.1) is 0 Å². The molecule has 0 N–H and O–H groups in total. The van der Waals surface area contributed by atoms with E-state index in [1.807, 2.05) is 12.3 Å². The first-order valence-electron chi connectivity index (χ1n) is 8.08. The predicted octanol–water partition coefficient (Wildman–Crippen LogP) is 3.70. The molecule has 0 amide bonds. The molecule has 1 aromatic carbocycles. The molecule has 3 heterocycles. The molecule has 22 heavy (non-hydrogen) atoms. The van der Waals surface area contributed by atoms with E-state index in [1.54, 1.807) is 0 Å². The Kier molecular flexibility index (Phi) is 3.65. The number of hydrogen-bond acceptors (Lipinski definition) is 2. The average Bonchev–Trinajstić information content (AvgIpc) is 3.17. The molecule has 4 rings (SSSR count). The molecule has 0 aliphatic carbocycles. The van der Waals surface area contributed by atoms with Gasteiger partial charge in [-0.25, -0.2) is 4.98 Å². The molecule has 1 aliphatic rings. The Morgan fingerprint density at radius 1 is 1.05 bits per heavy atom. The maximum Gasteiger partial charge on any atom is 0.139 e. The Labute approximate surface area is 131 Å². The van der Waals surface area contributed by atoms with E-state index < -0.39 is 0 Å². The van der Waals surface area contributed by atoms with Crippen molar-refractivity contribution in [3.63, 3.8) is 0 Å². The zero-order chi connectivity index (χ0) is 14.8. The van der Waals surface area contributed by atoms with Crippen molar-refractivity contribution in [1.29, 1.82) is 0 Å². The second kappa shape index (κ2) is 5.93. The van der Waals surface area contributed by atoms with Gasteiger partial charge in [-0.05, 0) is 43.1 Å². The normalized spacial score (nSPS) is 19.0. The van der Waals surface area contributed by atoms with Gasteiger partial charge in [0.2, 0.25) is 0 Å². The highest BCUT2D eigenvalue weighted by molar-refractivity contribution is 5.75. The summed E-state index contributed by atoms with van der Waals surface area (Å²) in [6, 6.07) is 17.7. The van der Waals surface area contributed by atoms with Gasteiger partial charge >= 0.3 is 0 Å². The third kappa shape index (κ3) is 2.64. The van der Waals surface area contributed by atoms with Crippen LogP contribution >= 0.6 is 0 Å². The van der Waals surface area contributed by atoms with Crippen LogP contribution in [0.1, 0.15) is 18.4 Å². The van der Waals surface area contributed by atoms with E-state index in [4.69, 9.17) is 0 Å². The van der Waals surface area contributed by atoms with Gasteiger partial charge < -0.3 is 4.57 Å². The summed E-state index contributed by atoms with van der Waals surface area (Å²) >= 11 is 0.